The first-order valence-corrected chi connectivity index (χ1v) is 12.9. The fourth-order valence-corrected chi connectivity index (χ4v) is 3.15. The Morgan fingerprint density at radius 2 is 1.23 bits per heavy atom. The number of rotatable bonds is 14. The molecule has 0 fully saturated rings. The van der Waals surface area contributed by atoms with Gasteiger partial charge in [-0.2, -0.15) is 0 Å². The Balaban J connectivity index is 3.18. The van der Waals surface area contributed by atoms with Gasteiger partial charge in [0.15, 0.2) is 0 Å². The highest BCUT2D eigenvalue weighted by Gasteiger charge is 2.13. The molecule has 0 amide bonds. The third-order valence-electron chi connectivity index (χ3n) is 4.36. The minimum atomic E-state index is -1.15. The third kappa shape index (κ3) is 16.1. The van der Waals surface area contributed by atoms with Gasteiger partial charge in [-0.1, -0.05) is 71.4 Å². The molecular formula is C20H40OSi. The molecule has 130 valence electrons. The molecule has 0 aromatic carbocycles. The molecule has 0 rings (SSSR count). The van der Waals surface area contributed by atoms with E-state index in [2.05, 4.69) is 38.4 Å². The van der Waals surface area contributed by atoms with Gasteiger partial charge in [0.1, 0.15) is 8.07 Å². The van der Waals surface area contributed by atoms with Crippen LogP contribution in [0.15, 0.2) is 0 Å². The van der Waals surface area contributed by atoms with Gasteiger partial charge in [0, 0.05) is 19.6 Å². The van der Waals surface area contributed by atoms with E-state index in [0.717, 1.165) is 19.6 Å². The minimum Gasteiger partial charge on any atom is -0.382 e. The van der Waals surface area contributed by atoms with E-state index in [1.54, 1.807) is 0 Å². The zero-order chi connectivity index (χ0) is 16.5. The van der Waals surface area contributed by atoms with Crippen molar-refractivity contribution in [3.05, 3.63) is 0 Å². The molecule has 2 heteroatoms. The molecule has 0 N–H and O–H groups in total. The summed E-state index contributed by atoms with van der Waals surface area (Å²) in [5.74, 6) is 3.42. The van der Waals surface area contributed by atoms with Crippen molar-refractivity contribution in [2.24, 2.45) is 0 Å². The summed E-state index contributed by atoms with van der Waals surface area (Å²) in [5, 5.41) is 0. The summed E-state index contributed by atoms with van der Waals surface area (Å²) >= 11 is 0. The van der Waals surface area contributed by atoms with E-state index in [1.165, 1.54) is 70.3 Å². The van der Waals surface area contributed by atoms with Crippen LogP contribution in [-0.2, 0) is 4.74 Å². The lowest BCUT2D eigenvalue weighted by atomic mass is 10.1. The first-order chi connectivity index (χ1) is 10.6. The second kappa shape index (κ2) is 15.6. The monoisotopic (exact) mass is 324 g/mol. The average molecular weight is 325 g/mol. The number of hydrogen-bond donors (Lipinski definition) is 0. The highest BCUT2D eigenvalue weighted by Crippen LogP contribution is 2.11. The molecule has 0 bridgehead atoms. The van der Waals surface area contributed by atoms with E-state index in [-0.39, 0.29) is 0 Å². The van der Waals surface area contributed by atoms with E-state index in [1.807, 2.05) is 0 Å². The molecule has 0 spiro atoms. The Hall–Kier alpha value is -0.263. The molecule has 0 unspecified atom stereocenters. The highest BCUT2D eigenvalue weighted by atomic mass is 28.3. The van der Waals surface area contributed by atoms with Gasteiger partial charge in [0.05, 0.1) is 0 Å². The van der Waals surface area contributed by atoms with E-state index in [4.69, 9.17) is 4.74 Å². The molecule has 0 aromatic heterocycles. The lowest BCUT2D eigenvalue weighted by Gasteiger charge is -2.09. The molecule has 0 saturated carbocycles. The Morgan fingerprint density at radius 1 is 0.727 bits per heavy atom. The Bertz CT molecular complexity index is 288. The predicted molar refractivity (Wildman–Crippen MR) is 103 cm³/mol. The Kier molecular flexibility index (Phi) is 15.4. The van der Waals surface area contributed by atoms with Crippen molar-refractivity contribution in [2.45, 2.75) is 104 Å². The van der Waals surface area contributed by atoms with E-state index < -0.39 is 8.07 Å². The van der Waals surface area contributed by atoms with Crippen LogP contribution in [0, 0.1) is 11.5 Å². The van der Waals surface area contributed by atoms with Crippen LogP contribution in [-0.4, -0.2) is 21.3 Å². The summed E-state index contributed by atoms with van der Waals surface area (Å²) in [5.41, 5.74) is 3.53. The number of ether oxygens (including phenoxy) is 1. The summed E-state index contributed by atoms with van der Waals surface area (Å²) in [6, 6.07) is 1.28. The molecule has 22 heavy (non-hydrogen) atoms. The molecule has 1 nitrogen and oxygen atoms in total. The summed E-state index contributed by atoms with van der Waals surface area (Å²) in [7, 11) is -1.15. The maximum atomic E-state index is 5.35. The van der Waals surface area contributed by atoms with Gasteiger partial charge in [-0.25, -0.2) is 0 Å². The topological polar surface area (TPSA) is 9.23 Å². The van der Waals surface area contributed by atoms with Crippen molar-refractivity contribution >= 4 is 8.07 Å². The van der Waals surface area contributed by atoms with E-state index in [0.29, 0.717) is 0 Å². The van der Waals surface area contributed by atoms with Crippen LogP contribution >= 0.6 is 0 Å². The van der Waals surface area contributed by atoms with Crippen LogP contribution in [0.4, 0.5) is 0 Å². The molecule has 0 heterocycles. The fraction of sp³-hybridized carbons (Fsp3) is 0.900. The first-order valence-electron chi connectivity index (χ1n) is 9.70. The molecule has 0 aromatic rings. The lowest BCUT2D eigenvalue weighted by Crippen LogP contribution is -2.21. The summed E-state index contributed by atoms with van der Waals surface area (Å²) in [6.45, 7) is 10.9. The maximum absolute atomic E-state index is 5.35. The number of hydrogen-bond acceptors (Lipinski definition) is 1. The quantitative estimate of drug-likeness (QED) is 0.199. The third-order valence-corrected chi connectivity index (χ3v) is 6.98. The summed E-state index contributed by atoms with van der Waals surface area (Å²) in [4.78, 5) is 0. The van der Waals surface area contributed by atoms with Crippen LogP contribution < -0.4 is 0 Å². The molecule has 0 aliphatic carbocycles. The van der Waals surface area contributed by atoms with Gasteiger partial charge < -0.3 is 4.74 Å². The van der Waals surface area contributed by atoms with Crippen LogP contribution in [0.25, 0.3) is 0 Å². The zero-order valence-electron chi connectivity index (χ0n) is 15.8. The van der Waals surface area contributed by atoms with Crippen LogP contribution in [0.3, 0.4) is 0 Å². The standard InChI is InChI=1S/C20H40OSi/c1-5-21-19-17-15-13-11-9-7-8-10-12-14-16-18-20-22(3,4)6-2/h5-17,19H2,1-4H3. The smallest absolute Gasteiger partial charge is 0.132 e. The molecule has 0 radical (unpaired) electrons. The fourth-order valence-electron chi connectivity index (χ4n) is 2.37. The van der Waals surface area contributed by atoms with Crippen molar-refractivity contribution < 1.29 is 4.74 Å². The van der Waals surface area contributed by atoms with Gasteiger partial charge in [-0.15, -0.1) is 11.5 Å². The Labute approximate surface area is 141 Å². The molecule has 0 saturated heterocycles. The van der Waals surface area contributed by atoms with Gasteiger partial charge in [-0.05, 0) is 25.8 Å². The maximum Gasteiger partial charge on any atom is 0.132 e. The van der Waals surface area contributed by atoms with Gasteiger partial charge in [-0.3, -0.25) is 0 Å². The van der Waals surface area contributed by atoms with Crippen LogP contribution in [0.2, 0.25) is 19.1 Å². The summed E-state index contributed by atoms with van der Waals surface area (Å²) in [6.07, 6.45) is 14.8. The highest BCUT2D eigenvalue weighted by molar-refractivity contribution is 6.85. The predicted octanol–water partition coefficient (Wildman–Crippen LogP) is 6.58. The van der Waals surface area contributed by atoms with Crippen molar-refractivity contribution in [2.75, 3.05) is 13.2 Å². The lowest BCUT2D eigenvalue weighted by molar-refractivity contribution is 0.143. The normalized spacial score (nSPS) is 11.3. The number of unbranched alkanes of at least 4 members (excludes halogenated alkanes) is 10. The van der Waals surface area contributed by atoms with Crippen molar-refractivity contribution in [1.29, 1.82) is 0 Å². The second-order valence-corrected chi connectivity index (χ2v) is 11.7. The van der Waals surface area contributed by atoms with Crippen molar-refractivity contribution in [3.63, 3.8) is 0 Å². The van der Waals surface area contributed by atoms with Gasteiger partial charge in [0.25, 0.3) is 0 Å². The Morgan fingerprint density at radius 3 is 1.73 bits per heavy atom. The molecule has 0 aliphatic heterocycles. The average Bonchev–Trinajstić information content (AvgIpc) is 2.51. The SMILES string of the molecule is CCOCCCCCCCCCCCCC#C[Si](C)(C)CC. The largest absolute Gasteiger partial charge is 0.382 e. The van der Waals surface area contributed by atoms with E-state index >= 15 is 0 Å². The summed E-state index contributed by atoms with van der Waals surface area (Å²) < 4.78 is 5.35. The van der Waals surface area contributed by atoms with Crippen molar-refractivity contribution in [1.82, 2.24) is 0 Å². The van der Waals surface area contributed by atoms with E-state index in [9.17, 15) is 0 Å². The zero-order valence-corrected chi connectivity index (χ0v) is 16.8. The van der Waals surface area contributed by atoms with Gasteiger partial charge in [0.2, 0.25) is 0 Å². The van der Waals surface area contributed by atoms with Crippen LogP contribution in [0.5, 0.6) is 0 Å². The van der Waals surface area contributed by atoms with Crippen molar-refractivity contribution in [3.8, 4) is 11.5 Å². The molecule has 0 atom stereocenters. The second-order valence-electron chi connectivity index (χ2n) is 7.02. The van der Waals surface area contributed by atoms with Gasteiger partial charge >= 0.3 is 0 Å². The minimum absolute atomic E-state index is 0.865. The van der Waals surface area contributed by atoms with Crippen LogP contribution in [0.1, 0.15) is 84.5 Å². The molecule has 0 aliphatic rings. The first kappa shape index (κ1) is 21.7. The molecular weight excluding hydrogens is 284 g/mol.